The van der Waals surface area contributed by atoms with E-state index in [1.54, 1.807) is 4.90 Å². The van der Waals surface area contributed by atoms with E-state index in [1.807, 2.05) is 18.2 Å². The monoisotopic (exact) mass is 427 g/mol. The van der Waals surface area contributed by atoms with Crippen LogP contribution >= 0.6 is 0 Å². The van der Waals surface area contributed by atoms with E-state index in [0.717, 1.165) is 29.7 Å². The van der Waals surface area contributed by atoms with Crippen LogP contribution in [0.4, 0.5) is 10.1 Å². The third-order valence-electron chi connectivity index (χ3n) is 5.53. The number of para-hydroxylation sites is 1. The Bertz CT molecular complexity index is 871. The summed E-state index contributed by atoms with van der Waals surface area (Å²) in [4.78, 5) is 28.8. The summed E-state index contributed by atoms with van der Waals surface area (Å²) in [6.45, 7) is 6.74. The molecule has 1 heterocycles. The van der Waals surface area contributed by atoms with E-state index in [9.17, 15) is 14.0 Å². The summed E-state index contributed by atoms with van der Waals surface area (Å²) in [5.74, 6) is -0.0280. The molecule has 0 aliphatic carbocycles. The van der Waals surface area contributed by atoms with Gasteiger partial charge in [0.2, 0.25) is 5.91 Å². The standard InChI is InChI=1S/C24H30FN3O3/c1-3-18-6-5-7-19(4-2)24(18)26-22(29)16-27-12-14-28(15-13-27)23(30)17-31-21-10-8-20(25)9-11-21/h5-11H,3-4,12-17H2,1-2H3,(H,26,29). The van der Waals surface area contributed by atoms with Crippen molar-refractivity contribution in [1.29, 1.82) is 0 Å². The highest BCUT2D eigenvalue weighted by Crippen LogP contribution is 2.22. The van der Waals surface area contributed by atoms with Crippen LogP contribution in [0.25, 0.3) is 0 Å². The number of rotatable bonds is 8. The van der Waals surface area contributed by atoms with Crippen LogP contribution in [0.5, 0.6) is 5.75 Å². The minimum Gasteiger partial charge on any atom is -0.484 e. The van der Waals surface area contributed by atoms with Gasteiger partial charge >= 0.3 is 0 Å². The van der Waals surface area contributed by atoms with Crippen LogP contribution in [0.15, 0.2) is 42.5 Å². The molecule has 0 atom stereocenters. The zero-order chi connectivity index (χ0) is 22.2. The fraction of sp³-hybridized carbons (Fsp3) is 0.417. The van der Waals surface area contributed by atoms with Gasteiger partial charge in [-0.05, 0) is 48.2 Å². The van der Waals surface area contributed by atoms with Crippen LogP contribution in [0.1, 0.15) is 25.0 Å². The van der Waals surface area contributed by atoms with Crippen molar-refractivity contribution in [1.82, 2.24) is 9.80 Å². The van der Waals surface area contributed by atoms with E-state index < -0.39 is 0 Å². The van der Waals surface area contributed by atoms with Crippen molar-refractivity contribution in [3.8, 4) is 5.75 Å². The molecule has 1 aliphatic heterocycles. The Hall–Kier alpha value is -2.93. The smallest absolute Gasteiger partial charge is 0.260 e. The maximum absolute atomic E-state index is 12.9. The molecule has 1 N–H and O–H groups in total. The van der Waals surface area contributed by atoms with Gasteiger partial charge in [0.25, 0.3) is 5.91 Å². The second-order valence-corrected chi connectivity index (χ2v) is 7.61. The predicted octanol–water partition coefficient (Wildman–Crippen LogP) is 3.11. The lowest BCUT2D eigenvalue weighted by molar-refractivity contribution is -0.135. The number of piperazine rings is 1. The fourth-order valence-corrected chi connectivity index (χ4v) is 3.71. The summed E-state index contributed by atoms with van der Waals surface area (Å²) in [5, 5.41) is 3.10. The number of amides is 2. The maximum Gasteiger partial charge on any atom is 0.260 e. The Balaban J connectivity index is 1.45. The largest absolute Gasteiger partial charge is 0.484 e. The molecule has 166 valence electrons. The van der Waals surface area contributed by atoms with Gasteiger partial charge in [0.15, 0.2) is 6.61 Å². The van der Waals surface area contributed by atoms with Crippen molar-refractivity contribution in [3.05, 3.63) is 59.4 Å². The highest BCUT2D eigenvalue weighted by molar-refractivity contribution is 5.94. The molecule has 7 heteroatoms. The molecule has 1 saturated heterocycles. The summed E-state index contributed by atoms with van der Waals surface area (Å²) >= 11 is 0. The highest BCUT2D eigenvalue weighted by atomic mass is 19.1. The summed E-state index contributed by atoms with van der Waals surface area (Å²) in [7, 11) is 0. The number of carbonyl (C=O) groups excluding carboxylic acids is 2. The normalized spacial score (nSPS) is 14.4. The van der Waals surface area contributed by atoms with Gasteiger partial charge in [0.05, 0.1) is 6.54 Å². The van der Waals surface area contributed by atoms with Crippen LogP contribution in [0.2, 0.25) is 0 Å². The summed E-state index contributed by atoms with van der Waals surface area (Å²) < 4.78 is 18.4. The van der Waals surface area contributed by atoms with Crippen LogP contribution in [-0.4, -0.2) is 60.9 Å². The molecule has 1 fully saturated rings. The molecule has 0 bridgehead atoms. The van der Waals surface area contributed by atoms with E-state index >= 15 is 0 Å². The maximum atomic E-state index is 12.9. The average molecular weight is 428 g/mol. The average Bonchev–Trinajstić information content (AvgIpc) is 2.79. The third kappa shape index (κ3) is 6.28. The molecular formula is C24H30FN3O3. The number of halogens is 1. The zero-order valence-corrected chi connectivity index (χ0v) is 18.2. The van der Waals surface area contributed by atoms with Crippen LogP contribution < -0.4 is 10.1 Å². The van der Waals surface area contributed by atoms with Crippen molar-refractivity contribution in [2.75, 3.05) is 44.6 Å². The molecule has 0 spiro atoms. The molecule has 2 aromatic rings. The first kappa shape index (κ1) is 22.7. The minimum atomic E-state index is -0.345. The van der Waals surface area contributed by atoms with Gasteiger partial charge in [-0.3, -0.25) is 14.5 Å². The van der Waals surface area contributed by atoms with Gasteiger partial charge in [-0.1, -0.05) is 32.0 Å². The molecule has 0 unspecified atom stereocenters. The molecule has 0 saturated carbocycles. The molecule has 2 aromatic carbocycles. The van der Waals surface area contributed by atoms with E-state index in [1.165, 1.54) is 24.3 Å². The lowest BCUT2D eigenvalue weighted by Gasteiger charge is -2.34. The third-order valence-corrected chi connectivity index (χ3v) is 5.53. The first-order valence-electron chi connectivity index (χ1n) is 10.8. The molecule has 2 amide bonds. The number of benzene rings is 2. The lowest BCUT2D eigenvalue weighted by atomic mass is 10.0. The van der Waals surface area contributed by atoms with Gasteiger partial charge in [-0.2, -0.15) is 0 Å². The van der Waals surface area contributed by atoms with Gasteiger partial charge < -0.3 is 15.0 Å². The van der Waals surface area contributed by atoms with Crippen molar-refractivity contribution in [3.63, 3.8) is 0 Å². The molecule has 0 radical (unpaired) electrons. The van der Waals surface area contributed by atoms with Gasteiger partial charge in [-0.25, -0.2) is 4.39 Å². The number of anilines is 1. The summed E-state index contributed by atoms with van der Waals surface area (Å²) in [5.41, 5.74) is 3.22. The van der Waals surface area contributed by atoms with Gasteiger partial charge in [-0.15, -0.1) is 0 Å². The minimum absolute atomic E-state index is 0.0324. The quantitative estimate of drug-likeness (QED) is 0.703. The molecule has 31 heavy (non-hydrogen) atoms. The summed E-state index contributed by atoms with van der Waals surface area (Å²) in [6.07, 6.45) is 1.73. The molecular weight excluding hydrogens is 397 g/mol. The van der Waals surface area contributed by atoms with Crippen LogP contribution in [-0.2, 0) is 22.4 Å². The SMILES string of the molecule is CCc1cccc(CC)c1NC(=O)CN1CCN(C(=O)COc2ccc(F)cc2)CC1. The van der Waals surface area contributed by atoms with Crippen LogP contribution in [0.3, 0.4) is 0 Å². The van der Waals surface area contributed by atoms with E-state index in [-0.39, 0.29) is 24.2 Å². The number of hydrogen-bond donors (Lipinski definition) is 1. The van der Waals surface area contributed by atoms with E-state index in [4.69, 9.17) is 4.74 Å². The van der Waals surface area contributed by atoms with Crippen LogP contribution in [0, 0.1) is 5.82 Å². The summed E-state index contributed by atoms with van der Waals surface area (Å²) in [6, 6.07) is 11.7. The Morgan fingerprint density at radius 1 is 0.968 bits per heavy atom. The number of nitrogens with one attached hydrogen (secondary N) is 1. The fourth-order valence-electron chi connectivity index (χ4n) is 3.71. The topological polar surface area (TPSA) is 61.9 Å². The van der Waals surface area contributed by atoms with Crippen molar-refractivity contribution >= 4 is 17.5 Å². The molecule has 6 nitrogen and oxygen atoms in total. The second kappa shape index (κ2) is 10.9. The Kier molecular flexibility index (Phi) is 8.00. The highest BCUT2D eigenvalue weighted by Gasteiger charge is 2.23. The first-order chi connectivity index (χ1) is 15.0. The Morgan fingerprint density at radius 2 is 1.58 bits per heavy atom. The first-order valence-corrected chi connectivity index (χ1v) is 10.8. The van der Waals surface area contributed by atoms with E-state index in [2.05, 4.69) is 24.1 Å². The second-order valence-electron chi connectivity index (χ2n) is 7.61. The number of aryl methyl sites for hydroxylation is 2. The number of nitrogens with zero attached hydrogens (tertiary/aromatic N) is 2. The van der Waals surface area contributed by atoms with E-state index in [0.29, 0.717) is 38.5 Å². The van der Waals surface area contributed by atoms with Crippen molar-refractivity contribution < 1.29 is 18.7 Å². The molecule has 0 aromatic heterocycles. The predicted molar refractivity (Wildman–Crippen MR) is 119 cm³/mol. The van der Waals surface area contributed by atoms with Crippen molar-refractivity contribution in [2.24, 2.45) is 0 Å². The van der Waals surface area contributed by atoms with Crippen molar-refractivity contribution in [2.45, 2.75) is 26.7 Å². The molecule has 3 rings (SSSR count). The van der Waals surface area contributed by atoms with Gasteiger partial charge in [0, 0.05) is 31.9 Å². The number of carbonyl (C=O) groups is 2. The number of hydrogen-bond acceptors (Lipinski definition) is 4. The Morgan fingerprint density at radius 3 is 2.16 bits per heavy atom. The Labute approximate surface area is 183 Å². The van der Waals surface area contributed by atoms with Gasteiger partial charge in [0.1, 0.15) is 11.6 Å². The number of ether oxygens (including phenoxy) is 1. The molecule has 1 aliphatic rings. The lowest BCUT2D eigenvalue weighted by Crippen LogP contribution is -2.51. The zero-order valence-electron chi connectivity index (χ0n) is 18.2.